The highest BCUT2D eigenvalue weighted by atomic mass is 16.5. The lowest BCUT2D eigenvalue weighted by atomic mass is 9.97. The molecule has 1 aliphatic rings. The molecule has 0 fully saturated rings. The average Bonchev–Trinajstić information content (AvgIpc) is 3.09. The molecular formula is C28H25NO5. The number of phenolic OH excluding ortho intramolecular Hbond substituents is 1. The maximum absolute atomic E-state index is 13.8. The molecule has 0 saturated heterocycles. The third kappa shape index (κ3) is 3.43. The SMILES string of the molecule is COc1cc(C2c3c(oc4cc(C)c(C)cc4c3=O)C(=O)N2Cc2ccc(C)cc2)ccc1O. The first-order valence-electron chi connectivity index (χ1n) is 11.1. The zero-order valence-corrected chi connectivity index (χ0v) is 19.5. The Kier molecular flexibility index (Phi) is 5.16. The largest absolute Gasteiger partial charge is 0.504 e. The summed E-state index contributed by atoms with van der Waals surface area (Å²) in [4.78, 5) is 29.0. The van der Waals surface area contributed by atoms with Crippen molar-refractivity contribution in [3.05, 3.63) is 104 Å². The first-order valence-corrected chi connectivity index (χ1v) is 11.1. The average molecular weight is 456 g/mol. The van der Waals surface area contributed by atoms with Crippen LogP contribution in [0, 0.1) is 20.8 Å². The normalized spacial score (nSPS) is 15.1. The van der Waals surface area contributed by atoms with E-state index in [1.54, 1.807) is 23.1 Å². The Morgan fingerprint density at radius 2 is 1.68 bits per heavy atom. The van der Waals surface area contributed by atoms with Crippen LogP contribution >= 0.6 is 0 Å². The molecule has 1 unspecified atom stereocenters. The number of ether oxygens (including phenoxy) is 1. The number of aryl methyl sites for hydroxylation is 3. The third-order valence-corrected chi connectivity index (χ3v) is 6.58. The van der Waals surface area contributed by atoms with E-state index in [1.165, 1.54) is 13.2 Å². The molecule has 0 bridgehead atoms. The zero-order chi connectivity index (χ0) is 24.1. The molecule has 2 heterocycles. The van der Waals surface area contributed by atoms with Crippen molar-refractivity contribution < 1.29 is 19.1 Å². The Morgan fingerprint density at radius 3 is 2.38 bits per heavy atom. The van der Waals surface area contributed by atoms with Crippen molar-refractivity contribution in [1.82, 2.24) is 4.90 Å². The number of hydrogen-bond donors (Lipinski definition) is 1. The van der Waals surface area contributed by atoms with Crippen molar-refractivity contribution in [3.8, 4) is 11.5 Å². The fourth-order valence-corrected chi connectivity index (χ4v) is 4.54. The number of benzene rings is 3. The van der Waals surface area contributed by atoms with Crippen molar-refractivity contribution in [1.29, 1.82) is 0 Å². The van der Waals surface area contributed by atoms with Crippen LogP contribution < -0.4 is 10.2 Å². The summed E-state index contributed by atoms with van der Waals surface area (Å²) in [7, 11) is 1.46. The monoisotopic (exact) mass is 455 g/mol. The number of aromatic hydroxyl groups is 1. The number of carbonyl (C=O) groups excluding carboxylic acids is 1. The van der Waals surface area contributed by atoms with Crippen molar-refractivity contribution in [3.63, 3.8) is 0 Å². The van der Waals surface area contributed by atoms with E-state index in [2.05, 4.69) is 0 Å². The minimum atomic E-state index is -0.680. The van der Waals surface area contributed by atoms with Gasteiger partial charge in [0.05, 0.1) is 24.1 Å². The van der Waals surface area contributed by atoms with Gasteiger partial charge in [0.15, 0.2) is 16.9 Å². The summed E-state index contributed by atoms with van der Waals surface area (Å²) in [5, 5.41) is 10.6. The van der Waals surface area contributed by atoms with Crippen LogP contribution in [0.2, 0.25) is 0 Å². The van der Waals surface area contributed by atoms with E-state index in [4.69, 9.17) is 9.15 Å². The van der Waals surface area contributed by atoms with E-state index in [-0.39, 0.29) is 28.6 Å². The molecular weight excluding hydrogens is 430 g/mol. The number of phenols is 1. The molecule has 1 aromatic heterocycles. The number of methoxy groups -OCH3 is 1. The molecule has 6 heteroatoms. The zero-order valence-electron chi connectivity index (χ0n) is 19.5. The van der Waals surface area contributed by atoms with Gasteiger partial charge in [0.1, 0.15) is 5.58 Å². The van der Waals surface area contributed by atoms with Crippen molar-refractivity contribution in [2.45, 2.75) is 33.4 Å². The van der Waals surface area contributed by atoms with Crippen LogP contribution in [0.5, 0.6) is 11.5 Å². The van der Waals surface area contributed by atoms with E-state index in [0.717, 1.165) is 22.3 Å². The molecule has 34 heavy (non-hydrogen) atoms. The molecule has 0 aliphatic carbocycles. The predicted molar refractivity (Wildman–Crippen MR) is 130 cm³/mol. The topological polar surface area (TPSA) is 80.0 Å². The van der Waals surface area contributed by atoms with Gasteiger partial charge >= 0.3 is 0 Å². The summed E-state index contributed by atoms with van der Waals surface area (Å²) < 4.78 is 11.4. The highest BCUT2D eigenvalue weighted by Crippen LogP contribution is 2.41. The number of nitrogens with zero attached hydrogens (tertiary/aromatic N) is 1. The van der Waals surface area contributed by atoms with Crippen LogP contribution in [0.4, 0.5) is 0 Å². The van der Waals surface area contributed by atoms with Crippen molar-refractivity contribution in [2.24, 2.45) is 0 Å². The molecule has 6 nitrogen and oxygen atoms in total. The number of fused-ring (bicyclic) bond motifs is 2. The Morgan fingerprint density at radius 1 is 0.971 bits per heavy atom. The minimum absolute atomic E-state index is 0.0162. The van der Waals surface area contributed by atoms with E-state index in [0.29, 0.717) is 28.6 Å². The van der Waals surface area contributed by atoms with Gasteiger partial charge in [0.25, 0.3) is 5.91 Å². The highest BCUT2D eigenvalue weighted by molar-refractivity contribution is 5.99. The van der Waals surface area contributed by atoms with Crippen molar-refractivity contribution >= 4 is 16.9 Å². The van der Waals surface area contributed by atoms with Gasteiger partial charge in [-0.25, -0.2) is 0 Å². The van der Waals surface area contributed by atoms with Crippen LogP contribution in [0.1, 0.15) is 50.0 Å². The molecule has 1 amide bonds. The number of carbonyl (C=O) groups is 1. The standard InChI is InChI=1S/C28H25NO5/c1-15-5-7-18(8-6-15)14-29-25(19-9-10-21(30)23(13-19)33-4)24-26(31)20-11-16(2)17(3)12-22(20)34-27(24)28(29)32/h5-13,25,30H,14H2,1-4H3. The molecule has 1 N–H and O–H groups in total. The highest BCUT2D eigenvalue weighted by Gasteiger charge is 2.43. The van der Waals surface area contributed by atoms with Crippen LogP contribution in [0.3, 0.4) is 0 Å². The summed E-state index contributed by atoms with van der Waals surface area (Å²) in [5.74, 6) is -0.0300. The Bertz CT molecular complexity index is 1500. The third-order valence-electron chi connectivity index (χ3n) is 6.58. The summed E-state index contributed by atoms with van der Waals surface area (Å²) in [6, 6.07) is 15.7. The first-order chi connectivity index (χ1) is 16.3. The minimum Gasteiger partial charge on any atom is -0.504 e. The Labute approximate surface area is 197 Å². The summed E-state index contributed by atoms with van der Waals surface area (Å²) >= 11 is 0. The molecule has 3 aromatic carbocycles. The molecule has 0 radical (unpaired) electrons. The van der Waals surface area contributed by atoms with Crippen molar-refractivity contribution in [2.75, 3.05) is 7.11 Å². The smallest absolute Gasteiger partial charge is 0.291 e. The van der Waals surface area contributed by atoms with Crippen LogP contribution in [0.25, 0.3) is 11.0 Å². The van der Waals surface area contributed by atoms with Crippen LogP contribution in [0.15, 0.2) is 63.8 Å². The number of rotatable bonds is 4. The lowest BCUT2D eigenvalue weighted by Crippen LogP contribution is -2.29. The Hall–Kier alpha value is -4.06. The second-order valence-electron chi connectivity index (χ2n) is 8.86. The fraction of sp³-hybridized carbons (Fsp3) is 0.214. The summed E-state index contributed by atoms with van der Waals surface area (Å²) in [6.07, 6.45) is 0. The number of hydrogen-bond acceptors (Lipinski definition) is 5. The fourth-order valence-electron chi connectivity index (χ4n) is 4.54. The van der Waals surface area contributed by atoms with E-state index < -0.39 is 6.04 Å². The van der Waals surface area contributed by atoms with Gasteiger partial charge in [-0.3, -0.25) is 9.59 Å². The lowest BCUT2D eigenvalue weighted by Gasteiger charge is -2.25. The van der Waals surface area contributed by atoms with Gasteiger partial charge in [-0.15, -0.1) is 0 Å². The lowest BCUT2D eigenvalue weighted by molar-refractivity contribution is 0.0714. The molecule has 0 saturated carbocycles. The molecule has 4 aromatic rings. The van der Waals surface area contributed by atoms with Gasteiger partial charge in [-0.05, 0) is 67.3 Å². The van der Waals surface area contributed by atoms with E-state index in [9.17, 15) is 14.7 Å². The molecule has 172 valence electrons. The summed E-state index contributed by atoms with van der Waals surface area (Å²) in [6.45, 7) is 6.19. The van der Waals surface area contributed by atoms with Crippen LogP contribution in [-0.4, -0.2) is 23.0 Å². The first kappa shape index (κ1) is 21.8. The van der Waals surface area contributed by atoms with E-state index in [1.807, 2.05) is 51.1 Å². The maximum atomic E-state index is 13.8. The molecule has 1 aliphatic heterocycles. The van der Waals surface area contributed by atoms with E-state index >= 15 is 0 Å². The quantitative estimate of drug-likeness (QED) is 0.459. The van der Waals surface area contributed by atoms with Gasteiger partial charge < -0.3 is 19.2 Å². The predicted octanol–water partition coefficient (Wildman–Crippen LogP) is 5.18. The van der Waals surface area contributed by atoms with Gasteiger partial charge in [0.2, 0.25) is 5.76 Å². The van der Waals surface area contributed by atoms with Gasteiger partial charge in [0, 0.05) is 6.54 Å². The van der Waals surface area contributed by atoms with Gasteiger partial charge in [-0.2, -0.15) is 0 Å². The second kappa shape index (κ2) is 8.06. The Balaban J connectivity index is 1.74. The van der Waals surface area contributed by atoms with Crippen LogP contribution in [-0.2, 0) is 6.54 Å². The number of amides is 1. The molecule has 5 rings (SSSR count). The maximum Gasteiger partial charge on any atom is 0.291 e. The summed E-state index contributed by atoms with van der Waals surface area (Å²) in [5.41, 5.74) is 5.15. The second-order valence-corrected chi connectivity index (χ2v) is 8.86. The van der Waals surface area contributed by atoms with Gasteiger partial charge in [-0.1, -0.05) is 35.9 Å². The molecule has 0 spiro atoms. The molecule has 1 atom stereocenters.